The van der Waals surface area contributed by atoms with Crippen LogP contribution in [0.25, 0.3) is 0 Å². The van der Waals surface area contributed by atoms with Crippen molar-refractivity contribution < 1.29 is 14.3 Å². The summed E-state index contributed by atoms with van der Waals surface area (Å²) in [5, 5.41) is 0. The monoisotopic (exact) mass is 360 g/mol. The average Bonchev–Trinajstić information content (AvgIpc) is 2.89. The first-order valence-corrected chi connectivity index (χ1v) is 9.69. The highest BCUT2D eigenvalue weighted by Crippen LogP contribution is 2.25. The second-order valence-electron chi connectivity index (χ2n) is 7.16. The lowest BCUT2D eigenvalue weighted by Crippen LogP contribution is -2.39. The molecule has 5 nitrogen and oxygen atoms in total. The Labute approximate surface area is 157 Å². The molecule has 0 radical (unpaired) electrons. The molecule has 1 aromatic carbocycles. The summed E-state index contributed by atoms with van der Waals surface area (Å²) >= 11 is 0. The fraction of sp³-hybridized carbons (Fsp3) is 0.619. The summed E-state index contributed by atoms with van der Waals surface area (Å²) in [6, 6.07) is 4.09. The SMILES string of the molecule is CCCCC(=O)N1CCCN(C(=O)COc2c(C)ccc(C)c2C)CC1. The molecule has 0 bridgehead atoms. The van der Waals surface area contributed by atoms with Crippen molar-refractivity contribution in [2.75, 3.05) is 32.8 Å². The van der Waals surface area contributed by atoms with Crippen LogP contribution in [0.3, 0.4) is 0 Å². The van der Waals surface area contributed by atoms with Crippen molar-refractivity contribution in [1.82, 2.24) is 9.80 Å². The Balaban J connectivity index is 1.89. The largest absolute Gasteiger partial charge is 0.483 e. The first-order valence-electron chi connectivity index (χ1n) is 9.69. The van der Waals surface area contributed by atoms with E-state index in [1.807, 2.05) is 36.6 Å². The molecule has 5 heteroatoms. The van der Waals surface area contributed by atoms with E-state index in [1.165, 1.54) is 0 Å². The maximum absolute atomic E-state index is 12.6. The Hall–Kier alpha value is -2.04. The predicted octanol–water partition coefficient (Wildman–Crippen LogP) is 3.24. The van der Waals surface area contributed by atoms with Crippen LogP contribution in [-0.4, -0.2) is 54.4 Å². The third-order valence-corrected chi connectivity index (χ3v) is 5.16. The summed E-state index contributed by atoms with van der Waals surface area (Å²) in [5.41, 5.74) is 3.29. The quantitative estimate of drug-likeness (QED) is 0.782. The van der Waals surface area contributed by atoms with E-state index in [2.05, 4.69) is 13.0 Å². The summed E-state index contributed by atoms with van der Waals surface area (Å²) < 4.78 is 5.86. The number of hydrogen-bond donors (Lipinski definition) is 0. The van der Waals surface area contributed by atoms with Gasteiger partial charge in [0.15, 0.2) is 6.61 Å². The normalized spacial score (nSPS) is 14.9. The number of unbranched alkanes of at least 4 members (excludes halogenated alkanes) is 1. The molecule has 1 aromatic rings. The molecule has 0 aliphatic carbocycles. The van der Waals surface area contributed by atoms with E-state index in [1.54, 1.807) is 0 Å². The van der Waals surface area contributed by atoms with Gasteiger partial charge >= 0.3 is 0 Å². The van der Waals surface area contributed by atoms with Gasteiger partial charge in [0.05, 0.1) is 0 Å². The van der Waals surface area contributed by atoms with E-state index in [-0.39, 0.29) is 18.4 Å². The molecule has 0 atom stereocenters. The van der Waals surface area contributed by atoms with Gasteiger partial charge in [-0.05, 0) is 50.3 Å². The first kappa shape index (κ1) is 20.3. The lowest BCUT2D eigenvalue weighted by molar-refractivity contribution is -0.134. The smallest absolute Gasteiger partial charge is 0.260 e. The van der Waals surface area contributed by atoms with Crippen molar-refractivity contribution in [2.45, 2.75) is 53.4 Å². The number of amides is 2. The molecule has 0 N–H and O–H groups in total. The number of aryl methyl sites for hydroxylation is 2. The molecule has 1 aliphatic rings. The maximum atomic E-state index is 12.6. The number of carbonyl (C=O) groups excluding carboxylic acids is 2. The summed E-state index contributed by atoms with van der Waals surface area (Å²) in [6.45, 7) is 10.8. The predicted molar refractivity (Wildman–Crippen MR) is 103 cm³/mol. The second-order valence-corrected chi connectivity index (χ2v) is 7.16. The van der Waals surface area contributed by atoms with Crippen LogP contribution in [-0.2, 0) is 9.59 Å². The highest BCUT2D eigenvalue weighted by atomic mass is 16.5. The Bertz CT molecular complexity index is 642. The van der Waals surface area contributed by atoms with Crippen molar-refractivity contribution in [3.05, 3.63) is 28.8 Å². The summed E-state index contributed by atoms with van der Waals surface area (Å²) in [5.74, 6) is 1.01. The van der Waals surface area contributed by atoms with Crippen LogP contribution in [0, 0.1) is 20.8 Å². The number of hydrogen-bond acceptors (Lipinski definition) is 3. The molecule has 2 amide bonds. The van der Waals surface area contributed by atoms with E-state index in [4.69, 9.17) is 4.74 Å². The average molecular weight is 360 g/mol. The van der Waals surface area contributed by atoms with Gasteiger partial charge < -0.3 is 14.5 Å². The van der Waals surface area contributed by atoms with Crippen LogP contribution in [0.4, 0.5) is 0 Å². The molecule has 1 fully saturated rings. The summed E-state index contributed by atoms with van der Waals surface area (Å²) in [7, 11) is 0. The van der Waals surface area contributed by atoms with E-state index in [0.29, 0.717) is 26.1 Å². The Morgan fingerprint density at radius 1 is 0.962 bits per heavy atom. The van der Waals surface area contributed by atoms with Gasteiger partial charge in [-0.15, -0.1) is 0 Å². The number of benzene rings is 1. The van der Waals surface area contributed by atoms with Crippen LogP contribution in [0.1, 0.15) is 49.3 Å². The van der Waals surface area contributed by atoms with Crippen LogP contribution in [0.15, 0.2) is 12.1 Å². The summed E-state index contributed by atoms with van der Waals surface area (Å²) in [4.78, 5) is 28.5. The van der Waals surface area contributed by atoms with E-state index in [0.717, 1.165) is 48.2 Å². The molecule has 1 aliphatic heterocycles. The van der Waals surface area contributed by atoms with Gasteiger partial charge in [-0.1, -0.05) is 25.5 Å². The molecular formula is C21H32N2O3. The zero-order chi connectivity index (χ0) is 19.1. The maximum Gasteiger partial charge on any atom is 0.260 e. The van der Waals surface area contributed by atoms with Crippen molar-refractivity contribution in [3.63, 3.8) is 0 Å². The molecule has 26 heavy (non-hydrogen) atoms. The minimum Gasteiger partial charge on any atom is -0.483 e. The standard InChI is InChI=1S/C21H32N2O3/c1-5-6-8-19(24)22-11-7-12-23(14-13-22)20(25)15-26-21-17(3)10-9-16(2)18(21)4/h9-10H,5-8,11-15H2,1-4H3. The van der Waals surface area contributed by atoms with Gasteiger partial charge in [-0.3, -0.25) is 9.59 Å². The fourth-order valence-corrected chi connectivity index (χ4v) is 3.28. The molecule has 1 saturated heterocycles. The second kappa shape index (κ2) is 9.60. The zero-order valence-corrected chi connectivity index (χ0v) is 16.6. The molecule has 0 aromatic heterocycles. The molecule has 0 unspecified atom stereocenters. The Morgan fingerprint density at radius 2 is 1.58 bits per heavy atom. The fourth-order valence-electron chi connectivity index (χ4n) is 3.28. The first-order chi connectivity index (χ1) is 12.4. The topological polar surface area (TPSA) is 49.9 Å². The van der Waals surface area contributed by atoms with Crippen molar-refractivity contribution in [1.29, 1.82) is 0 Å². The molecule has 144 valence electrons. The highest BCUT2D eigenvalue weighted by molar-refractivity contribution is 5.79. The number of carbonyl (C=O) groups is 2. The molecule has 0 spiro atoms. The molecule has 0 saturated carbocycles. The van der Waals surface area contributed by atoms with Gasteiger partial charge in [-0.2, -0.15) is 0 Å². The van der Waals surface area contributed by atoms with Crippen LogP contribution in [0.2, 0.25) is 0 Å². The number of rotatable bonds is 6. The van der Waals surface area contributed by atoms with Crippen LogP contribution in [0.5, 0.6) is 5.75 Å². The van der Waals surface area contributed by atoms with E-state index in [9.17, 15) is 9.59 Å². The zero-order valence-electron chi connectivity index (χ0n) is 16.6. The van der Waals surface area contributed by atoms with Crippen molar-refractivity contribution in [3.8, 4) is 5.75 Å². The summed E-state index contributed by atoms with van der Waals surface area (Å²) in [6.07, 6.45) is 3.39. The number of ether oxygens (including phenoxy) is 1. The lowest BCUT2D eigenvalue weighted by Gasteiger charge is -2.23. The Morgan fingerprint density at radius 3 is 2.23 bits per heavy atom. The number of nitrogens with zero attached hydrogens (tertiary/aromatic N) is 2. The minimum atomic E-state index is -0.00633. The van der Waals surface area contributed by atoms with Gasteiger partial charge in [0.1, 0.15) is 5.75 Å². The van der Waals surface area contributed by atoms with Gasteiger partial charge in [-0.25, -0.2) is 0 Å². The lowest BCUT2D eigenvalue weighted by atomic mass is 10.1. The van der Waals surface area contributed by atoms with Crippen molar-refractivity contribution >= 4 is 11.8 Å². The minimum absolute atomic E-state index is 0.00633. The molecule has 2 rings (SSSR count). The van der Waals surface area contributed by atoms with Gasteiger partial charge in [0, 0.05) is 32.6 Å². The molecular weight excluding hydrogens is 328 g/mol. The van der Waals surface area contributed by atoms with Gasteiger partial charge in [0.25, 0.3) is 5.91 Å². The van der Waals surface area contributed by atoms with E-state index >= 15 is 0 Å². The highest BCUT2D eigenvalue weighted by Gasteiger charge is 2.22. The van der Waals surface area contributed by atoms with Crippen LogP contribution >= 0.6 is 0 Å². The van der Waals surface area contributed by atoms with Crippen molar-refractivity contribution in [2.24, 2.45) is 0 Å². The van der Waals surface area contributed by atoms with Gasteiger partial charge in [0.2, 0.25) is 5.91 Å². The Kier molecular flexibility index (Phi) is 7.49. The third-order valence-electron chi connectivity index (χ3n) is 5.16. The third kappa shape index (κ3) is 5.23. The molecule has 1 heterocycles. The van der Waals surface area contributed by atoms with E-state index < -0.39 is 0 Å². The van der Waals surface area contributed by atoms with Crippen LogP contribution < -0.4 is 4.74 Å².